The van der Waals surface area contributed by atoms with E-state index in [0.717, 1.165) is 44.5 Å². The van der Waals surface area contributed by atoms with Crippen molar-refractivity contribution in [2.75, 3.05) is 19.7 Å². The summed E-state index contributed by atoms with van der Waals surface area (Å²) in [5.74, 6) is 1.14. The maximum Gasteiger partial charge on any atom is 0.222 e. The third-order valence-corrected chi connectivity index (χ3v) is 3.85. The molecule has 1 atom stereocenters. The third kappa shape index (κ3) is 5.38. The molecule has 0 radical (unpaired) electrons. The number of hydrogen-bond donors (Lipinski definition) is 1. The van der Waals surface area contributed by atoms with Gasteiger partial charge in [0.05, 0.1) is 6.61 Å². The summed E-state index contributed by atoms with van der Waals surface area (Å²) in [6.07, 6.45) is 4.44. The van der Waals surface area contributed by atoms with Crippen molar-refractivity contribution < 1.29 is 9.53 Å². The maximum atomic E-state index is 12.1. The molecule has 0 saturated carbocycles. The highest BCUT2D eigenvalue weighted by molar-refractivity contribution is 5.76. The number of benzene rings is 1. The second-order valence-corrected chi connectivity index (χ2v) is 5.86. The first-order chi connectivity index (χ1) is 10.1. The van der Waals surface area contributed by atoms with Crippen molar-refractivity contribution in [1.82, 2.24) is 4.90 Å². The van der Waals surface area contributed by atoms with E-state index in [0.29, 0.717) is 13.0 Å². The number of aryl methyl sites for hydroxylation is 1. The van der Waals surface area contributed by atoms with Crippen LogP contribution in [0.1, 0.15) is 37.7 Å². The Morgan fingerprint density at radius 1 is 1.43 bits per heavy atom. The first-order valence-corrected chi connectivity index (χ1v) is 7.88. The lowest BCUT2D eigenvalue weighted by Crippen LogP contribution is -2.45. The molecular weight excluding hydrogens is 264 g/mol. The second kappa shape index (κ2) is 8.03. The highest BCUT2D eigenvalue weighted by atomic mass is 16.5. The predicted octanol–water partition coefficient (Wildman–Crippen LogP) is 2.49. The highest BCUT2D eigenvalue weighted by Crippen LogP contribution is 2.14. The summed E-state index contributed by atoms with van der Waals surface area (Å²) in [7, 11) is 0. The molecule has 0 aromatic heterocycles. The fraction of sp³-hybridized carbons (Fsp3) is 0.588. The summed E-state index contributed by atoms with van der Waals surface area (Å²) in [5, 5.41) is 0. The van der Waals surface area contributed by atoms with Gasteiger partial charge in [-0.15, -0.1) is 0 Å². The van der Waals surface area contributed by atoms with Crippen molar-refractivity contribution in [3.05, 3.63) is 29.8 Å². The average molecular weight is 290 g/mol. The average Bonchev–Trinajstić information content (AvgIpc) is 2.47. The number of nitrogens with zero attached hydrogens (tertiary/aromatic N) is 1. The number of piperidine rings is 1. The Bertz CT molecular complexity index is 462. The van der Waals surface area contributed by atoms with Gasteiger partial charge in [0.15, 0.2) is 0 Å². The van der Waals surface area contributed by atoms with Crippen LogP contribution < -0.4 is 10.5 Å². The zero-order valence-electron chi connectivity index (χ0n) is 12.9. The molecule has 2 rings (SSSR count). The molecule has 0 aliphatic carbocycles. The lowest BCUT2D eigenvalue weighted by atomic mass is 10.1. The number of nitrogens with two attached hydrogens (primary N) is 1. The van der Waals surface area contributed by atoms with Crippen LogP contribution in [0.4, 0.5) is 0 Å². The Morgan fingerprint density at radius 2 is 2.29 bits per heavy atom. The van der Waals surface area contributed by atoms with Gasteiger partial charge in [0.25, 0.3) is 0 Å². The van der Waals surface area contributed by atoms with Crippen LogP contribution in [-0.2, 0) is 4.79 Å². The molecule has 1 aromatic carbocycles. The molecule has 1 aliphatic rings. The molecule has 116 valence electrons. The van der Waals surface area contributed by atoms with Gasteiger partial charge in [0, 0.05) is 25.6 Å². The number of ether oxygens (including phenoxy) is 1. The molecule has 1 fully saturated rings. The van der Waals surface area contributed by atoms with E-state index in [-0.39, 0.29) is 11.9 Å². The highest BCUT2D eigenvalue weighted by Gasteiger charge is 2.20. The van der Waals surface area contributed by atoms with Gasteiger partial charge in [-0.05, 0) is 50.3 Å². The van der Waals surface area contributed by atoms with Crippen LogP contribution >= 0.6 is 0 Å². The van der Waals surface area contributed by atoms with E-state index < -0.39 is 0 Å². The van der Waals surface area contributed by atoms with Crippen LogP contribution in [0.25, 0.3) is 0 Å². The number of carbonyl (C=O) groups excluding carboxylic acids is 1. The molecule has 1 saturated heterocycles. The lowest BCUT2D eigenvalue weighted by molar-refractivity contribution is -0.132. The largest absolute Gasteiger partial charge is 0.494 e. The van der Waals surface area contributed by atoms with Crippen LogP contribution in [-0.4, -0.2) is 36.5 Å². The molecule has 4 nitrogen and oxygen atoms in total. The van der Waals surface area contributed by atoms with Crippen LogP contribution in [0.15, 0.2) is 24.3 Å². The molecule has 1 aromatic rings. The normalized spacial score (nSPS) is 18.6. The molecule has 1 unspecified atom stereocenters. The number of hydrogen-bond acceptors (Lipinski definition) is 3. The van der Waals surface area contributed by atoms with Gasteiger partial charge in [-0.3, -0.25) is 4.79 Å². The smallest absolute Gasteiger partial charge is 0.222 e. The first kappa shape index (κ1) is 15.8. The van der Waals surface area contributed by atoms with Gasteiger partial charge in [-0.1, -0.05) is 12.1 Å². The summed E-state index contributed by atoms with van der Waals surface area (Å²) in [6, 6.07) is 8.20. The molecule has 21 heavy (non-hydrogen) atoms. The summed E-state index contributed by atoms with van der Waals surface area (Å²) < 4.78 is 5.69. The first-order valence-electron chi connectivity index (χ1n) is 7.88. The molecule has 0 bridgehead atoms. The third-order valence-electron chi connectivity index (χ3n) is 3.85. The van der Waals surface area contributed by atoms with Gasteiger partial charge >= 0.3 is 0 Å². The number of unbranched alkanes of at least 4 members (excludes halogenated alkanes) is 1. The number of likely N-dealkylation sites (tertiary alicyclic amines) is 1. The van der Waals surface area contributed by atoms with Crippen molar-refractivity contribution in [2.45, 2.75) is 45.1 Å². The van der Waals surface area contributed by atoms with Gasteiger partial charge in [-0.25, -0.2) is 0 Å². The molecular formula is C17H26N2O2. The summed E-state index contributed by atoms with van der Waals surface area (Å²) in [5.41, 5.74) is 7.10. The molecule has 4 heteroatoms. The number of amides is 1. The minimum Gasteiger partial charge on any atom is -0.494 e. The zero-order valence-corrected chi connectivity index (χ0v) is 12.9. The van der Waals surface area contributed by atoms with Crippen molar-refractivity contribution in [3.63, 3.8) is 0 Å². The monoisotopic (exact) mass is 290 g/mol. The minimum atomic E-state index is 0.160. The van der Waals surface area contributed by atoms with Gasteiger partial charge in [-0.2, -0.15) is 0 Å². The summed E-state index contributed by atoms with van der Waals surface area (Å²) >= 11 is 0. The second-order valence-electron chi connectivity index (χ2n) is 5.86. The fourth-order valence-corrected chi connectivity index (χ4v) is 2.67. The van der Waals surface area contributed by atoms with Gasteiger partial charge in [0.2, 0.25) is 5.91 Å². The molecule has 1 aliphatic heterocycles. The maximum absolute atomic E-state index is 12.1. The Balaban J connectivity index is 1.60. The summed E-state index contributed by atoms with van der Waals surface area (Å²) in [6.45, 7) is 4.30. The summed E-state index contributed by atoms with van der Waals surface area (Å²) in [4.78, 5) is 14.0. The van der Waals surface area contributed by atoms with Crippen molar-refractivity contribution in [2.24, 2.45) is 5.73 Å². The topological polar surface area (TPSA) is 55.6 Å². The Morgan fingerprint density at radius 3 is 3.05 bits per heavy atom. The van der Waals surface area contributed by atoms with Crippen LogP contribution in [0.5, 0.6) is 5.75 Å². The van der Waals surface area contributed by atoms with E-state index >= 15 is 0 Å². The lowest BCUT2D eigenvalue weighted by Gasteiger charge is -2.30. The van der Waals surface area contributed by atoms with E-state index in [4.69, 9.17) is 10.5 Å². The van der Waals surface area contributed by atoms with Gasteiger partial charge < -0.3 is 15.4 Å². The van der Waals surface area contributed by atoms with E-state index in [1.165, 1.54) is 5.56 Å². The number of carbonyl (C=O) groups is 1. The number of rotatable bonds is 6. The van der Waals surface area contributed by atoms with E-state index in [1.54, 1.807) is 0 Å². The Kier molecular flexibility index (Phi) is 6.05. The molecule has 1 heterocycles. The quantitative estimate of drug-likeness (QED) is 0.819. The van der Waals surface area contributed by atoms with E-state index in [9.17, 15) is 4.79 Å². The van der Waals surface area contributed by atoms with Crippen molar-refractivity contribution in [1.29, 1.82) is 0 Å². The fourth-order valence-electron chi connectivity index (χ4n) is 2.67. The van der Waals surface area contributed by atoms with Crippen LogP contribution in [0, 0.1) is 6.92 Å². The molecule has 0 spiro atoms. The van der Waals surface area contributed by atoms with Crippen molar-refractivity contribution in [3.8, 4) is 5.75 Å². The SMILES string of the molecule is Cc1cccc(OCCCCC(=O)N2CCCC(N)C2)c1. The Labute approximate surface area is 127 Å². The molecule has 1 amide bonds. The Hall–Kier alpha value is -1.55. The van der Waals surface area contributed by atoms with Gasteiger partial charge in [0.1, 0.15) is 5.75 Å². The van der Waals surface area contributed by atoms with Crippen molar-refractivity contribution >= 4 is 5.91 Å². The standard InChI is InChI=1S/C17H26N2O2/c1-14-6-4-8-16(12-14)21-11-3-2-9-17(20)19-10-5-7-15(18)13-19/h4,6,8,12,15H,2-3,5,7,9-11,13,18H2,1H3. The minimum absolute atomic E-state index is 0.160. The molecule has 2 N–H and O–H groups in total. The predicted molar refractivity (Wildman–Crippen MR) is 84.3 cm³/mol. The zero-order chi connectivity index (χ0) is 15.1. The van der Waals surface area contributed by atoms with E-state index in [2.05, 4.69) is 13.0 Å². The van der Waals surface area contributed by atoms with Crippen LogP contribution in [0.3, 0.4) is 0 Å². The van der Waals surface area contributed by atoms with E-state index in [1.807, 2.05) is 23.1 Å². The van der Waals surface area contributed by atoms with Crippen LogP contribution in [0.2, 0.25) is 0 Å².